The summed E-state index contributed by atoms with van der Waals surface area (Å²) in [7, 11) is 2.04. The van der Waals surface area contributed by atoms with Crippen LogP contribution >= 0.6 is 11.6 Å². The average Bonchev–Trinajstić information content (AvgIpc) is 3.14. The summed E-state index contributed by atoms with van der Waals surface area (Å²) in [4.78, 5) is 39.2. The number of carbonyl (C=O) groups is 2. The first-order chi connectivity index (χ1) is 20.7. The first kappa shape index (κ1) is 30.4. The van der Waals surface area contributed by atoms with Crippen molar-refractivity contribution in [2.24, 2.45) is 0 Å². The van der Waals surface area contributed by atoms with E-state index >= 15 is 4.39 Å². The number of ether oxygens (including phenoxy) is 1. The lowest BCUT2D eigenvalue weighted by atomic mass is 9.98. The molecule has 11 heteroatoms. The highest BCUT2D eigenvalue weighted by molar-refractivity contribution is 6.35. The van der Waals surface area contributed by atoms with Crippen molar-refractivity contribution in [3.63, 3.8) is 0 Å². The average molecular weight is 608 g/mol. The summed E-state index contributed by atoms with van der Waals surface area (Å²) in [5.41, 5.74) is 3.10. The maximum Gasteiger partial charge on any atom is 0.261 e. The zero-order valence-electron chi connectivity index (χ0n) is 24.3. The molecule has 3 aliphatic heterocycles. The number of pyridine rings is 1. The number of hydrogen-bond acceptors (Lipinski definition) is 7. The molecule has 2 amide bonds. The number of aromatic hydroxyl groups is 1. The zero-order chi connectivity index (χ0) is 30.8. The Balaban J connectivity index is 1.70. The lowest BCUT2D eigenvalue weighted by molar-refractivity contribution is -0.128. The van der Waals surface area contributed by atoms with Crippen LogP contribution in [0, 0.1) is 5.82 Å². The molecule has 0 saturated carbocycles. The number of fused-ring (bicyclic) bond motifs is 2. The van der Waals surface area contributed by atoms with Gasteiger partial charge in [0.2, 0.25) is 5.91 Å². The minimum atomic E-state index is -0.711. The number of phenolic OH excluding ortho intramolecular Hbond substituents is 1. The Labute approximate surface area is 255 Å². The molecule has 0 aliphatic carbocycles. The van der Waals surface area contributed by atoms with Crippen molar-refractivity contribution in [2.45, 2.75) is 31.5 Å². The van der Waals surface area contributed by atoms with Gasteiger partial charge in [-0.15, -0.1) is 5.73 Å². The molecule has 2 aromatic rings. The van der Waals surface area contributed by atoms with Crippen LogP contribution in [-0.4, -0.2) is 101 Å². The molecule has 226 valence electrons. The molecule has 1 aromatic heterocycles. The molecule has 0 spiro atoms. The normalized spacial score (nSPS) is 22.0. The Bertz CT molecular complexity index is 1500. The van der Waals surface area contributed by atoms with E-state index in [1.54, 1.807) is 22.0 Å². The number of halogens is 2. The highest BCUT2D eigenvalue weighted by Crippen LogP contribution is 2.46. The first-order valence-corrected chi connectivity index (χ1v) is 14.6. The number of anilines is 1. The van der Waals surface area contributed by atoms with Crippen molar-refractivity contribution in [2.75, 3.05) is 51.3 Å². The summed E-state index contributed by atoms with van der Waals surface area (Å²) in [5, 5.41) is 10.6. The summed E-state index contributed by atoms with van der Waals surface area (Å²) >= 11 is 6.89. The van der Waals surface area contributed by atoms with Crippen molar-refractivity contribution < 1.29 is 23.8 Å². The number of carbonyl (C=O) groups excluding carboxylic acids is 2. The van der Waals surface area contributed by atoms with Gasteiger partial charge in [-0.3, -0.25) is 14.5 Å². The lowest BCUT2D eigenvalue weighted by Gasteiger charge is -2.46. The topological polar surface area (TPSA) is 89.5 Å². The van der Waals surface area contributed by atoms with Gasteiger partial charge in [0.1, 0.15) is 40.3 Å². The third-order valence-electron chi connectivity index (χ3n) is 8.48. The minimum absolute atomic E-state index is 0.0189. The molecule has 1 N–H and O–H groups in total. The molecular weight excluding hydrogens is 573 g/mol. The van der Waals surface area contributed by atoms with Crippen LogP contribution < -0.4 is 9.64 Å². The van der Waals surface area contributed by atoms with E-state index in [9.17, 15) is 14.7 Å². The number of amides is 2. The van der Waals surface area contributed by atoms with E-state index in [1.165, 1.54) is 24.3 Å². The van der Waals surface area contributed by atoms with Gasteiger partial charge in [0.15, 0.2) is 5.75 Å². The predicted molar refractivity (Wildman–Crippen MR) is 164 cm³/mol. The molecule has 1 aromatic carbocycles. The van der Waals surface area contributed by atoms with Crippen LogP contribution in [0.15, 0.2) is 61.4 Å². The van der Waals surface area contributed by atoms with Crippen molar-refractivity contribution >= 4 is 29.2 Å². The van der Waals surface area contributed by atoms with Gasteiger partial charge in [-0.2, -0.15) is 0 Å². The quantitative estimate of drug-likeness (QED) is 0.298. The van der Waals surface area contributed by atoms with Crippen molar-refractivity contribution in [1.82, 2.24) is 19.7 Å². The minimum Gasteiger partial charge on any atom is -0.507 e. The SMILES string of the molecule is C=CC=C=CCC1C(C)N(C)CCN1c1nc(-c2c(O)cccc2F)c(Cl)c2c1C(=O)N1CCN(C(=O)C=C)C[C@@H]1CO2. The highest BCUT2D eigenvalue weighted by Gasteiger charge is 2.43. The van der Waals surface area contributed by atoms with E-state index < -0.39 is 11.9 Å². The number of nitrogens with zero attached hydrogens (tertiary/aromatic N) is 5. The molecule has 0 bridgehead atoms. The van der Waals surface area contributed by atoms with Gasteiger partial charge in [0.05, 0.1) is 11.6 Å². The van der Waals surface area contributed by atoms with E-state index in [-0.39, 0.29) is 76.9 Å². The van der Waals surface area contributed by atoms with Gasteiger partial charge in [-0.05, 0) is 50.8 Å². The molecule has 4 heterocycles. The van der Waals surface area contributed by atoms with Gasteiger partial charge in [-0.1, -0.05) is 36.9 Å². The molecule has 43 heavy (non-hydrogen) atoms. The molecule has 2 fully saturated rings. The van der Waals surface area contributed by atoms with Crippen molar-refractivity contribution in [1.29, 1.82) is 0 Å². The summed E-state index contributed by atoms with van der Waals surface area (Å²) in [6.07, 6.45) is 7.12. The van der Waals surface area contributed by atoms with E-state index in [2.05, 4.69) is 30.7 Å². The Morgan fingerprint density at radius 1 is 1.23 bits per heavy atom. The Morgan fingerprint density at radius 3 is 2.72 bits per heavy atom. The fourth-order valence-corrected chi connectivity index (χ4v) is 6.28. The van der Waals surface area contributed by atoms with Gasteiger partial charge in [0, 0.05) is 44.8 Å². The molecule has 3 atom stereocenters. The number of hydrogen-bond donors (Lipinski definition) is 1. The summed E-state index contributed by atoms with van der Waals surface area (Å²) < 4.78 is 21.5. The molecule has 3 aliphatic rings. The molecule has 5 rings (SSSR count). The standard InChI is InChI=1S/C32H35ClFN5O4/c1-5-7-8-9-12-23-20(3)36(4)14-16-39(23)31-27-30(28(33)29(35-31)26-22(34)11-10-13-24(26)40)43-19-21-18-37(25(41)6-2)15-17-38(21)32(27)42/h5-7,9-11,13,20-21,23,40H,1-2,12,14-19H2,3-4H3/t8?,20?,21-,23?/m1/s1. The molecule has 2 saturated heterocycles. The number of allylic oxidation sites excluding steroid dienone is 1. The Kier molecular flexibility index (Phi) is 8.92. The fourth-order valence-electron chi connectivity index (χ4n) is 6.00. The molecule has 9 nitrogen and oxygen atoms in total. The van der Waals surface area contributed by atoms with Crippen LogP contribution in [0.1, 0.15) is 23.7 Å². The third kappa shape index (κ3) is 5.66. The summed E-state index contributed by atoms with van der Waals surface area (Å²) in [6, 6.07) is 3.43. The maximum absolute atomic E-state index is 15.2. The van der Waals surface area contributed by atoms with Crippen molar-refractivity contribution in [3.05, 3.63) is 77.8 Å². The van der Waals surface area contributed by atoms with Gasteiger partial charge < -0.3 is 24.5 Å². The second-order valence-corrected chi connectivity index (χ2v) is 11.3. The predicted octanol–water partition coefficient (Wildman–Crippen LogP) is 4.27. The lowest BCUT2D eigenvalue weighted by Crippen LogP contribution is -2.58. The number of rotatable bonds is 6. The van der Waals surface area contributed by atoms with Crippen LogP contribution in [0.25, 0.3) is 11.3 Å². The Hall–Kier alpha value is -4.11. The molecule has 2 unspecified atom stereocenters. The first-order valence-electron chi connectivity index (χ1n) is 14.2. The largest absolute Gasteiger partial charge is 0.507 e. The van der Waals surface area contributed by atoms with Crippen LogP contribution in [0.3, 0.4) is 0 Å². The van der Waals surface area contributed by atoms with Crippen LogP contribution in [0.2, 0.25) is 5.02 Å². The summed E-state index contributed by atoms with van der Waals surface area (Å²) in [6.45, 7) is 11.5. The smallest absolute Gasteiger partial charge is 0.261 e. The number of aromatic nitrogens is 1. The molecular formula is C32H35ClFN5O4. The monoisotopic (exact) mass is 607 g/mol. The number of benzene rings is 1. The number of phenols is 1. The van der Waals surface area contributed by atoms with Gasteiger partial charge in [-0.25, -0.2) is 9.37 Å². The fraction of sp³-hybridized carbons (Fsp3) is 0.375. The molecule has 0 radical (unpaired) electrons. The van der Waals surface area contributed by atoms with E-state index in [4.69, 9.17) is 21.3 Å². The number of piperazine rings is 2. The van der Waals surface area contributed by atoms with Gasteiger partial charge >= 0.3 is 0 Å². The number of likely N-dealkylation sites (N-methyl/N-ethyl adjacent to an activating group) is 1. The van der Waals surface area contributed by atoms with Crippen LogP contribution in [-0.2, 0) is 4.79 Å². The third-order valence-corrected chi connectivity index (χ3v) is 8.83. The van der Waals surface area contributed by atoms with E-state index in [0.29, 0.717) is 31.9 Å². The highest BCUT2D eigenvalue weighted by atomic mass is 35.5. The second-order valence-electron chi connectivity index (χ2n) is 10.9. The van der Waals surface area contributed by atoms with Crippen molar-refractivity contribution in [3.8, 4) is 22.8 Å². The Morgan fingerprint density at radius 2 is 2.00 bits per heavy atom. The maximum atomic E-state index is 15.2. The van der Waals surface area contributed by atoms with Crippen LogP contribution in [0.5, 0.6) is 11.5 Å². The zero-order valence-corrected chi connectivity index (χ0v) is 25.1. The second kappa shape index (κ2) is 12.6. The summed E-state index contributed by atoms with van der Waals surface area (Å²) in [5.74, 6) is -1.21. The van der Waals surface area contributed by atoms with E-state index in [1.807, 2.05) is 18.0 Å². The van der Waals surface area contributed by atoms with E-state index in [0.717, 1.165) is 0 Å². The van der Waals surface area contributed by atoms with Gasteiger partial charge in [0.25, 0.3) is 5.91 Å². The van der Waals surface area contributed by atoms with Crippen LogP contribution in [0.4, 0.5) is 10.2 Å².